The summed E-state index contributed by atoms with van der Waals surface area (Å²) < 4.78 is 0. The number of hydrogen-bond donors (Lipinski definition) is 1. The van der Waals surface area contributed by atoms with Crippen LogP contribution in [0.15, 0.2) is 30.3 Å². The monoisotopic (exact) mass is 180 g/mol. The van der Waals surface area contributed by atoms with E-state index in [9.17, 15) is 0 Å². The zero-order valence-corrected chi connectivity index (χ0v) is 8.06. The van der Waals surface area contributed by atoms with Gasteiger partial charge in [-0.05, 0) is 0 Å². The van der Waals surface area contributed by atoms with E-state index in [0.29, 0.717) is 0 Å². The number of nitrogens with one attached hydrogen (secondary N) is 1. The van der Waals surface area contributed by atoms with E-state index in [1.165, 1.54) is 0 Å². The molecule has 1 rings (SSSR count). The Morgan fingerprint density at radius 3 is 2.42 bits per heavy atom. The molecule has 64 valence electrons. The van der Waals surface area contributed by atoms with Crippen LogP contribution in [-0.4, -0.2) is 24.1 Å². The first-order valence-corrected chi connectivity index (χ1v) is 4.17. The third-order valence-corrected chi connectivity index (χ3v) is 2.17. The summed E-state index contributed by atoms with van der Waals surface area (Å²) in [7, 11) is 3.74. The summed E-state index contributed by atoms with van der Waals surface area (Å²) in [5, 5.41) is 1.81. The van der Waals surface area contributed by atoms with Gasteiger partial charge in [-0.25, -0.2) is 5.43 Å². The lowest BCUT2D eigenvalue weighted by molar-refractivity contribution is 0.417. The minimum Gasteiger partial charge on any atom is -0.301 e. The van der Waals surface area contributed by atoms with Gasteiger partial charge in [-0.2, -0.15) is 0 Å². The van der Waals surface area contributed by atoms with Crippen LogP contribution in [0.1, 0.15) is 5.56 Å². The molecule has 0 radical (unpaired) electrons. The third kappa shape index (κ3) is 2.03. The van der Waals surface area contributed by atoms with E-state index in [-0.39, 0.29) is 0 Å². The topological polar surface area (TPSA) is 15.3 Å². The number of rotatable bonds is 2. The molecular weight excluding hydrogens is 168 g/mol. The lowest BCUT2D eigenvalue weighted by Gasteiger charge is -2.17. The molecule has 0 saturated heterocycles. The van der Waals surface area contributed by atoms with E-state index in [1.807, 2.05) is 49.4 Å². The van der Waals surface area contributed by atoms with Crippen LogP contribution in [0.2, 0.25) is 0 Å². The Balaban J connectivity index is 2.79. The fourth-order valence-corrected chi connectivity index (χ4v) is 1.10. The summed E-state index contributed by atoms with van der Waals surface area (Å²) in [5.74, 6) is 0. The molecule has 0 heterocycles. The first-order valence-electron chi connectivity index (χ1n) is 3.76. The maximum atomic E-state index is 5.21. The van der Waals surface area contributed by atoms with Crippen LogP contribution < -0.4 is 5.43 Å². The van der Waals surface area contributed by atoms with Gasteiger partial charge in [-0.15, -0.1) is 0 Å². The van der Waals surface area contributed by atoms with Crippen molar-refractivity contribution in [2.75, 3.05) is 14.1 Å². The van der Waals surface area contributed by atoms with E-state index in [4.69, 9.17) is 12.2 Å². The highest BCUT2D eigenvalue weighted by atomic mass is 32.1. The maximum absolute atomic E-state index is 5.21. The minimum atomic E-state index is 0.804. The third-order valence-electron chi connectivity index (χ3n) is 1.66. The molecule has 0 aliphatic carbocycles. The fourth-order valence-electron chi connectivity index (χ4n) is 0.876. The first kappa shape index (κ1) is 9.16. The average molecular weight is 180 g/mol. The Morgan fingerprint density at radius 1 is 1.33 bits per heavy atom. The second-order valence-corrected chi connectivity index (χ2v) is 2.84. The van der Waals surface area contributed by atoms with Gasteiger partial charge < -0.3 is 5.01 Å². The van der Waals surface area contributed by atoms with Crippen LogP contribution in [0.4, 0.5) is 0 Å². The molecule has 12 heavy (non-hydrogen) atoms. The molecule has 0 aliphatic rings. The summed E-state index contributed by atoms with van der Waals surface area (Å²) >= 11 is 5.21. The standard InChI is InChI=1S/C9H12N2S/c1-10-11(2)9(12)8-6-4-3-5-7-8/h3-7,10H,1-2H3. The van der Waals surface area contributed by atoms with Crippen molar-refractivity contribution in [2.45, 2.75) is 0 Å². The second-order valence-electron chi connectivity index (χ2n) is 2.45. The number of nitrogens with zero attached hydrogens (tertiary/aromatic N) is 1. The summed E-state index contributed by atoms with van der Waals surface area (Å²) in [6.45, 7) is 0. The molecule has 0 aliphatic heterocycles. The molecule has 0 atom stereocenters. The lowest BCUT2D eigenvalue weighted by Crippen LogP contribution is -2.35. The van der Waals surface area contributed by atoms with E-state index >= 15 is 0 Å². The summed E-state index contributed by atoms with van der Waals surface area (Å²) in [6.07, 6.45) is 0. The molecule has 1 aromatic rings. The average Bonchev–Trinajstić information content (AvgIpc) is 2.17. The number of benzene rings is 1. The molecular formula is C9H12N2S. The van der Waals surface area contributed by atoms with Crippen molar-refractivity contribution in [3.63, 3.8) is 0 Å². The molecule has 2 nitrogen and oxygen atoms in total. The summed E-state index contributed by atoms with van der Waals surface area (Å²) in [5.41, 5.74) is 4.01. The fraction of sp³-hybridized carbons (Fsp3) is 0.222. The van der Waals surface area contributed by atoms with Gasteiger partial charge in [-0.3, -0.25) is 0 Å². The van der Waals surface area contributed by atoms with Crippen molar-refractivity contribution in [3.05, 3.63) is 35.9 Å². The Bertz CT molecular complexity index is 258. The van der Waals surface area contributed by atoms with Gasteiger partial charge in [0.05, 0.1) is 0 Å². The molecule has 0 spiro atoms. The van der Waals surface area contributed by atoms with Crippen LogP contribution >= 0.6 is 12.2 Å². The maximum Gasteiger partial charge on any atom is 0.123 e. The Labute approximate surface area is 78.2 Å². The van der Waals surface area contributed by atoms with Gasteiger partial charge in [0.2, 0.25) is 0 Å². The van der Waals surface area contributed by atoms with Gasteiger partial charge in [0, 0.05) is 19.7 Å². The Kier molecular flexibility index (Phi) is 3.19. The largest absolute Gasteiger partial charge is 0.301 e. The Morgan fingerprint density at radius 2 is 1.92 bits per heavy atom. The molecule has 0 fully saturated rings. The van der Waals surface area contributed by atoms with Crippen molar-refractivity contribution >= 4 is 17.2 Å². The second kappa shape index (κ2) is 4.18. The van der Waals surface area contributed by atoms with Crippen molar-refractivity contribution in [1.82, 2.24) is 10.4 Å². The van der Waals surface area contributed by atoms with Crippen molar-refractivity contribution in [2.24, 2.45) is 0 Å². The SMILES string of the molecule is CNN(C)C(=S)c1ccccc1. The van der Waals surface area contributed by atoms with Crippen LogP contribution in [0.3, 0.4) is 0 Å². The van der Waals surface area contributed by atoms with Crippen LogP contribution in [0, 0.1) is 0 Å². The van der Waals surface area contributed by atoms with Gasteiger partial charge in [-0.1, -0.05) is 42.5 Å². The predicted octanol–water partition coefficient (Wildman–Crippen LogP) is 1.43. The van der Waals surface area contributed by atoms with Gasteiger partial charge >= 0.3 is 0 Å². The quantitative estimate of drug-likeness (QED) is 0.547. The smallest absolute Gasteiger partial charge is 0.123 e. The molecule has 0 unspecified atom stereocenters. The van der Waals surface area contributed by atoms with E-state index in [1.54, 1.807) is 0 Å². The van der Waals surface area contributed by atoms with Crippen molar-refractivity contribution in [3.8, 4) is 0 Å². The van der Waals surface area contributed by atoms with Crippen molar-refractivity contribution < 1.29 is 0 Å². The van der Waals surface area contributed by atoms with Gasteiger partial charge in [0.1, 0.15) is 4.99 Å². The zero-order valence-electron chi connectivity index (χ0n) is 7.24. The molecule has 1 N–H and O–H groups in total. The highest BCUT2D eigenvalue weighted by Gasteiger charge is 2.02. The number of hydrazine groups is 1. The van der Waals surface area contributed by atoms with Crippen LogP contribution in [0.25, 0.3) is 0 Å². The lowest BCUT2D eigenvalue weighted by atomic mass is 10.2. The van der Waals surface area contributed by atoms with E-state index < -0.39 is 0 Å². The van der Waals surface area contributed by atoms with Crippen LogP contribution in [-0.2, 0) is 0 Å². The molecule has 0 amide bonds. The summed E-state index contributed by atoms with van der Waals surface area (Å²) in [4.78, 5) is 0.804. The van der Waals surface area contributed by atoms with Gasteiger partial charge in [0.25, 0.3) is 0 Å². The zero-order chi connectivity index (χ0) is 8.97. The molecule has 0 aromatic heterocycles. The molecule has 1 aromatic carbocycles. The molecule has 0 saturated carbocycles. The van der Waals surface area contributed by atoms with Gasteiger partial charge in [0.15, 0.2) is 0 Å². The number of hydrogen-bond acceptors (Lipinski definition) is 2. The summed E-state index contributed by atoms with van der Waals surface area (Å²) in [6, 6.07) is 9.92. The number of thiocarbonyl (C=S) groups is 1. The highest BCUT2D eigenvalue weighted by Crippen LogP contribution is 2.02. The molecule has 3 heteroatoms. The van der Waals surface area contributed by atoms with E-state index in [0.717, 1.165) is 10.6 Å². The Hall–Kier alpha value is -0.930. The first-order chi connectivity index (χ1) is 5.75. The van der Waals surface area contributed by atoms with Crippen molar-refractivity contribution in [1.29, 1.82) is 0 Å². The predicted molar refractivity (Wildman–Crippen MR) is 55.0 cm³/mol. The molecule has 0 bridgehead atoms. The normalized spacial score (nSPS) is 9.50. The highest BCUT2D eigenvalue weighted by molar-refractivity contribution is 7.80. The van der Waals surface area contributed by atoms with Crippen LogP contribution in [0.5, 0.6) is 0 Å². The minimum absolute atomic E-state index is 0.804. The van der Waals surface area contributed by atoms with E-state index in [2.05, 4.69) is 5.43 Å².